The van der Waals surface area contributed by atoms with Crippen molar-refractivity contribution >= 4 is 23.1 Å². The zero-order valence-corrected chi connectivity index (χ0v) is 16.6. The number of aromatic nitrogens is 1. The smallest absolute Gasteiger partial charge is 0.291 e. The van der Waals surface area contributed by atoms with E-state index < -0.39 is 5.56 Å². The van der Waals surface area contributed by atoms with Gasteiger partial charge in [-0.3, -0.25) is 4.79 Å². The normalized spacial score (nSPS) is 14.0. The molecule has 0 radical (unpaired) electrons. The van der Waals surface area contributed by atoms with Crippen LogP contribution in [0.2, 0.25) is 5.02 Å². The molecule has 1 aliphatic rings. The molecule has 4 rings (SSSR count). The van der Waals surface area contributed by atoms with Crippen molar-refractivity contribution in [1.82, 2.24) is 4.68 Å². The van der Waals surface area contributed by atoms with Gasteiger partial charge in [-0.05, 0) is 42.5 Å². The third-order valence-electron chi connectivity index (χ3n) is 5.16. The summed E-state index contributed by atoms with van der Waals surface area (Å²) in [5.41, 5.74) is 8.92. The first-order valence-electron chi connectivity index (χ1n) is 9.36. The highest BCUT2D eigenvalue weighted by Crippen LogP contribution is 2.30. The van der Waals surface area contributed by atoms with Crippen molar-refractivity contribution in [3.05, 3.63) is 86.2 Å². The van der Waals surface area contributed by atoms with Crippen LogP contribution in [0.25, 0.3) is 11.1 Å². The van der Waals surface area contributed by atoms with E-state index in [0.717, 1.165) is 28.6 Å². The standard InChI is InChI=1S/C23H16ClN5O/c24-16-10-8-15(9-11-16)21-18(12-25)22(27)29(23(30)19(21)13-26)28-20-7-3-5-14-4-1-2-6-17(14)20/h1-2,4,6,8-11H,3,5,7,27H2/b28-20+. The predicted octanol–water partition coefficient (Wildman–Crippen LogP) is 4.08. The van der Waals surface area contributed by atoms with Crippen LogP contribution in [-0.2, 0) is 6.42 Å². The van der Waals surface area contributed by atoms with Gasteiger partial charge in [0.15, 0.2) is 0 Å². The fourth-order valence-corrected chi connectivity index (χ4v) is 3.85. The SMILES string of the molecule is N#Cc1c(-c2ccc(Cl)cc2)c(C#N)c(=O)n(/N=C2\CCCc3ccccc32)c1N. The first-order valence-corrected chi connectivity index (χ1v) is 9.73. The minimum Gasteiger partial charge on any atom is -0.382 e. The van der Waals surface area contributed by atoms with Crippen LogP contribution in [0.3, 0.4) is 0 Å². The maximum absolute atomic E-state index is 13.2. The third-order valence-corrected chi connectivity index (χ3v) is 5.41. The van der Waals surface area contributed by atoms with Crippen molar-refractivity contribution in [3.8, 4) is 23.3 Å². The fraction of sp³-hybridized carbons (Fsp3) is 0.130. The van der Waals surface area contributed by atoms with Crippen molar-refractivity contribution in [3.63, 3.8) is 0 Å². The van der Waals surface area contributed by atoms with E-state index in [1.807, 2.05) is 36.4 Å². The summed E-state index contributed by atoms with van der Waals surface area (Å²) in [6.07, 6.45) is 2.50. The molecule has 0 saturated heterocycles. The Morgan fingerprint density at radius 3 is 2.40 bits per heavy atom. The lowest BCUT2D eigenvalue weighted by atomic mass is 9.90. The zero-order chi connectivity index (χ0) is 21.3. The molecule has 0 atom stereocenters. The van der Waals surface area contributed by atoms with E-state index in [1.165, 1.54) is 0 Å². The molecule has 6 nitrogen and oxygen atoms in total. The Kier molecular flexibility index (Phi) is 5.10. The van der Waals surface area contributed by atoms with Crippen LogP contribution in [-0.4, -0.2) is 10.4 Å². The predicted molar refractivity (Wildman–Crippen MR) is 116 cm³/mol. The minimum atomic E-state index is -0.658. The number of nitrogens with two attached hydrogens (primary N) is 1. The molecule has 1 aliphatic carbocycles. The lowest BCUT2D eigenvalue weighted by molar-refractivity contribution is 0.791. The van der Waals surface area contributed by atoms with Gasteiger partial charge in [0, 0.05) is 16.1 Å². The first kappa shape index (κ1) is 19.4. The number of nitriles is 2. The van der Waals surface area contributed by atoms with Crippen LogP contribution >= 0.6 is 11.6 Å². The number of fused-ring (bicyclic) bond motifs is 1. The van der Waals surface area contributed by atoms with E-state index in [2.05, 4.69) is 5.10 Å². The number of nitrogen functional groups attached to an aromatic ring is 1. The van der Waals surface area contributed by atoms with Gasteiger partial charge in [0.1, 0.15) is 29.1 Å². The van der Waals surface area contributed by atoms with Crippen LogP contribution in [0, 0.1) is 22.7 Å². The lowest BCUT2D eigenvalue weighted by Gasteiger charge is -2.19. The average molecular weight is 414 g/mol. The molecule has 0 spiro atoms. The van der Waals surface area contributed by atoms with E-state index in [9.17, 15) is 15.3 Å². The summed E-state index contributed by atoms with van der Waals surface area (Å²) < 4.78 is 0.980. The number of hydrogen-bond acceptors (Lipinski definition) is 5. The fourth-order valence-electron chi connectivity index (χ4n) is 3.73. The average Bonchev–Trinajstić information content (AvgIpc) is 2.77. The maximum Gasteiger partial charge on any atom is 0.291 e. The topological polar surface area (TPSA) is 108 Å². The summed E-state index contributed by atoms with van der Waals surface area (Å²) in [5.74, 6) is -0.0954. The highest BCUT2D eigenvalue weighted by atomic mass is 35.5. The Morgan fingerprint density at radius 2 is 1.70 bits per heavy atom. The second-order valence-corrected chi connectivity index (χ2v) is 7.35. The van der Waals surface area contributed by atoms with Gasteiger partial charge >= 0.3 is 0 Å². The Hall–Kier alpha value is -3.87. The number of benzene rings is 2. The lowest BCUT2D eigenvalue weighted by Crippen LogP contribution is -2.27. The molecule has 0 amide bonds. The first-order chi connectivity index (χ1) is 14.5. The van der Waals surface area contributed by atoms with E-state index in [1.54, 1.807) is 24.3 Å². The van der Waals surface area contributed by atoms with E-state index in [0.29, 0.717) is 22.7 Å². The van der Waals surface area contributed by atoms with E-state index in [4.69, 9.17) is 17.3 Å². The van der Waals surface area contributed by atoms with Crippen molar-refractivity contribution in [1.29, 1.82) is 10.5 Å². The molecule has 30 heavy (non-hydrogen) atoms. The van der Waals surface area contributed by atoms with Gasteiger partial charge in [0.25, 0.3) is 5.56 Å². The maximum atomic E-state index is 13.2. The zero-order valence-electron chi connectivity index (χ0n) is 15.9. The molecular formula is C23H16ClN5O. The number of hydrogen-bond donors (Lipinski definition) is 1. The Morgan fingerprint density at radius 1 is 1.00 bits per heavy atom. The molecule has 0 saturated carbocycles. The monoisotopic (exact) mass is 413 g/mol. The van der Waals surface area contributed by atoms with E-state index in [-0.39, 0.29) is 22.5 Å². The summed E-state index contributed by atoms with van der Waals surface area (Å²) >= 11 is 5.95. The van der Waals surface area contributed by atoms with Crippen LogP contribution in [0.5, 0.6) is 0 Å². The largest absolute Gasteiger partial charge is 0.382 e. The van der Waals surface area contributed by atoms with Crippen LogP contribution in [0.4, 0.5) is 5.82 Å². The molecule has 1 aromatic heterocycles. The number of halogens is 1. The molecule has 3 aromatic rings. The second-order valence-electron chi connectivity index (χ2n) is 6.92. The summed E-state index contributed by atoms with van der Waals surface area (Å²) in [6.45, 7) is 0. The molecule has 1 heterocycles. The minimum absolute atomic E-state index is 0.0296. The van der Waals surface area contributed by atoms with Gasteiger partial charge < -0.3 is 5.73 Å². The summed E-state index contributed by atoms with van der Waals surface area (Å²) in [7, 11) is 0. The van der Waals surface area contributed by atoms with Crippen LogP contribution < -0.4 is 11.3 Å². The molecule has 0 bridgehead atoms. The molecule has 146 valence electrons. The molecule has 2 aromatic carbocycles. The van der Waals surface area contributed by atoms with Crippen molar-refractivity contribution in [2.45, 2.75) is 19.3 Å². The number of nitrogens with zero attached hydrogens (tertiary/aromatic N) is 4. The molecule has 0 fully saturated rings. The second kappa shape index (κ2) is 7.87. The molecule has 2 N–H and O–H groups in total. The number of pyridine rings is 1. The molecular weight excluding hydrogens is 398 g/mol. The summed E-state index contributed by atoms with van der Waals surface area (Å²) in [4.78, 5) is 13.2. The quantitative estimate of drug-likeness (QED) is 0.682. The van der Waals surface area contributed by atoms with Crippen molar-refractivity contribution < 1.29 is 0 Å². The van der Waals surface area contributed by atoms with Crippen LogP contribution in [0.1, 0.15) is 35.1 Å². The van der Waals surface area contributed by atoms with Gasteiger partial charge in [-0.15, -0.1) is 0 Å². The van der Waals surface area contributed by atoms with Crippen molar-refractivity contribution in [2.24, 2.45) is 5.10 Å². The highest BCUT2D eigenvalue weighted by Gasteiger charge is 2.23. The summed E-state index contributed by atoms with van der Waals surface area (Å²) in [6, 6.07) is 18.4. The number of aryl methyl sites for hydroxylation is 1. The van der Waals surface area contributed by atoms with Gasteiger partial charge in [-0.1, -0.05) is 48.0 Å². The third kappa shape index (κ3) is 3.24. The van der Waals surface area contributed by atoms with Gasteiger partial charge in [-0.25, -0.2) is 0 Å². The Balaban J connectivity index is 1.99. The van der Waals surface area contributed by atoms with Gasteiger partial charge in [-0.2, -0.15) is 20.3 Å². The molecule has 0 aliphatic heterocycles. The van der Waals surface area contributed by atoms with Crippen LogP contribution in [0.15, 0.2) is 58.4 Å². The Labute approximate surface area is 178 Å². The number of anilines is 1. The van der Waals surface area contributed by atoms with Crippen molar-refractivity contribution in [2.75, 3.05) is 5.73 Å². The molecule has 7 heteroatoms. The number of rotatable bonds is 2. The molecule has 0 unspecified atom stereocenters. The van der Waals surface area contributed by atoms with Gasteiger partial charge in [0.05, 0.1) is 5.71 Å². The Bertz CT molecular complexity index is 1320. The highest BCUT2D eigenvalue weighted by molar-refractivity contribution is 6.30. The summed E-state index contributed by atoms with van der Waals surface area (Å²) in [5, 5.41) is 24.5. The van der Waals surface area contributed by atoms with Gasteiger partial charge in [0.2, 0.25) is 0 Å². The van der Waals surface area contributed by atoms with E-state index >= 15 is 0 Å².